The molecule has 0 unspecified atom stereocenters. The number of carbonyl (C=O) groups excluding carboxylic acids is 1. The molecule has 0 fully saturated rings. The average molecular weight is 508 g/mol. The number of methoxy groups -OCH3 is 1. The highest BCUT2D eigenvalue weighted by atomic mass is 32.2. The number of nitrogens with one attached hydrogen (secondary N) is 1. The van der Waals surface area contributed by atoms with Gasteiger partial charge in [-0.3, -0.25) is 9.48 Å². The molecule has 186 valence electrons. The first kappa shape index (κ1) is 23.6. The zero-order chi connectivity index (χ0) is 25.8. The molecule has 2 aromatic heterocycles. The number of nitrogens with two attached hydrogens (primary N) is 1. The lowest BCUT2D eigenvalue weighted by Crippen LogP contribution is -2.32. The number of nitrogens with zero attached hydrogens (tertiary/aromatic N) is 3. The maximum absolute atomic E-state index is 13.4. The van der Waals surface area contributed by atoms with Crippen LogP contribution in [0, 0.1) is 0 Å². The molecule has 3 N–H and O–H groups in total. The molecule has 11 heteroatoms. The van der Waals surface area contributed by atoms with Crippen molar-refractivity contribution in [2.75, 3.05) is 12.8 Å². The lowest BCUT2D eigenvalue weighted by Gasteiger charge is -2.19. The summed E-state index contributed by atoms with van der Waals surface area (Å²) in [5.74, 6) is -0.101. The van der Waals surface area contributed by atoms with Crippen LogP contribution in [0.4, 0.5) is 5.82 Å². The van der Waals surface area contributed by atoms with Gasteiger partial charge in [0.2, 0.25) is 0 Å². The number of ether oxygens (including phenoxy) is 2. The van der Waals surface area contributed by atoms with Crippen LogP contribution in [0.15, 0.2) is 53.4 Å². The minimum Gasteiger partial charge on any atom is -0.495 e. The monoisotopic (exact) mass is 507 g/mol. The van der Waals surface area contributed by atoms with Gasteiger partial charge in [-0.1, -0.05) is 18.2 Å². The predicted octanol–water partition coefficient (Wildman–Crippen LogP) is 3.06. The molecule has 0 atom stereocenters. The third-order valence-electron chi connectivity index (χ3n) is 6.02. The number of nitrogen functional groups attached to an aromatic ring is 1. The summed E-state index contributed by atoms with van der Waals surface area (Å²) in [6, 6.07) is 13.6. The van der Waals surface area contributed by atoms with Crippen LogP contribution in [0.5, 0.6) is 11.5 Å². The summed E-state index contributed by atoms with van der Waals surface area (Å²) in [6.45, 7) is 3.72. The van der Waals surface area contributed by atoms with Crippen molar-refractivity contribution in [2.24, 2.45) is 7.05 Å². The van der Waals surface area contributed by atoms with E-state index in [-0.39, 0.29) is 22.1 Å². The van der Waals surface area contributed by atoms with E-state index < -0.39 is 21.5 Å². The Kier molecular flexibility index (Phi) is 5.40. The highest BCUT2D eigenvalue weighted by Crippen LogP contribution is 2.44. The van der Waals surface area contributed by atoms with Gasteiger partial charge in [-0.2, -0.15) is 5.10 Å². The minimum absolute atomic E-state index is 0.0587. The highest BCUT2D eigenvalue weighted by Gasteiger charge is 2.38. The number of carbonyl (C=O) groups is 1. The van der Waals surface area contributed by atoms with Gasteiger partial charge in [0, 0.05) is 30.5 Å². The summed E-state index contributed by atoms with van der Waals surface area (Å²) in [7, 11) is -1.24. The minimum atomic E-state index is -4.35. The molecule has 0 saturated heterocycles. The summed E-state index contributed by atoms with van der Waals surface area (Å²) >= 11 is 0. The van der Waals surface area contributed by atoms with Crippen LogP contribution in [0.25, 0.3) is 22.2 Å². The zero-order valence-electron chi connectivity index (χ0n) is 20.2. The Morgan fingerprint density at radius 1 is 1.19 bits per heavy atom. The fourth-order valence-electron chi connectivity index (χ4n) is 4.37. The van der Waals surface area contributed by atoms with Crippen molar-refractivity contribution in [3.8, 4) is 22.8 Å². The number of hydrogen-bond acceptors (Lipinski definition) is 8. The van der Waals surface area contributed by atoms with Crippen molar-refractivity contribution in [2.45, 2.75) is 30.8 Å². The summed E-state index contributed by atoms with van der Waals surface area (Å²) in [6.07, 6.45) is 0.527. The van der Waals surface area contributed by atoms with E-state index in [1.807, 2.05) is 19.9 Å². The molecule has 0 bridgehead atoms. The van der Waals surface area contributed by atoms with Crippen molar-refractivity contribution in [1.82, 2.24) is 19.5 Å². The SMILES string of the molecule is COc1ccc2c(c1S(=O)(=O)NC(=O)c1ccc3c(-c4cc(N)n(C)n4)cccc3n1)OC(C)(C)C2. The molecule has 0 aliphatic carbocycles. The Hall–Kier alpha value is -4.12. The van der Waals surface area contributed by atoms with Crippen molar-refractivity contribution >= 4 is 32.7 Å². The molecule has 4 aromatic rings. The normalized spacial score (nSPS) is 14.3. The maximum Gasteiger partial charge on any atom is 0.283 e. The fraction of sp³-hybridized carbons (Fsp3) is 0.240. The molecule has 36 heavy (non-hydrogen) atoms. The van der Waals surface area contributed by atoms with Crippen molar-refractivity contribution in [1.29, 1.82) is 0 Å². The molecule has 2 aromatic carbocycles. The Morgan fingerprint density at radius 2 is 1.97 bits per heavy atom. The molecule has 1 amide bonds. The largest absolute Gasteiger partial charge is 0.495 e. The van der Waals surface area contributed by atoms with E-state index in [9.17, 15) is 13.2 Å². The van der Waals surface area contributed by atoms with Crippen LogP contribution >= 0.6 is 0 Å². The van der Waals surface area contributed by atoms with Crippen LogP contribution in [0.2, 0.25) is 0 Å². The van der Waals surface area contributed by atoms with Gasteiger partial charge in [0.05, 0.1) is 18.3 Å². The standard InChI is InChI=1S/C25H25N5O5S/c1-25(2)13-14-8-11-20(34-4)23(22(14)35-25)36(32,33)29-24(31)18-10-9-16-15(6-5-7-17(16)27-18)19-12-21(26)30(3)28-19/h5-12H,13,26H2,1-4H3,(H,29,31). The number of anilines is 1. The summed E-state index contributed by atoms with van der Waals surface area (Å²) in [5, 5.41) is 5.15. The van der Waals surface area contributed by atoms with Gasteiger partial charge in [-0.25, -0.2) is 18.1 Å². The molecule has 3 heterocycles. The van der Waals surface area contributed by atoms with Gasteiger partial charge in [0.1, 0.15) is 28.6 Å². The summed E-state index contributed by atoms with van der Waals surface area (Å²) < 4.78 is 41.6. The number of amides is 1. The topological polar surface area (TPSA) is 138 Å². The molecule has 1 aliphatic rings. The second kappa shape index (κ2) is 8.23. The first-order chi connectivity index (χ1) is 17.0. The zero-order valence-corrected chi connectivity index (χ0v) is 21.0. The van der Waals surface area contributed by atoms with Crippen LogP contribution in [-0.4, -0.2) is 41.8 Å². The van der Waals surface area contributed by atoms with Gasteiger partial charge in [0.15, 0.2) is 4.90 Å². The predicted molar refractivity (Wildman–Crippen MR) is 134 cm³/mol. The molecule has 10 nitrogen and oxygen atoms in total. The van der Waals surface area contributed by atoms with Gasteiger partial charge in [-0.05, 0) is 43.7 Å². The quantitative estimate of drug-likeness (QED) is 0.420. The van der Waals surface area contributed by atoms with Crippen LogP contribution < -0.4 is 19.9 Å². The van der Waals surface area contributed by atoms with Crippen LogP contribution in [0.1, 0.15) is 29.9 Å². The number of sulfonamides is 1. The molecular formula is C25H25N5O5S. The van der Waals surface area contributed by atoms with E-state index >= 15 is 0 Å². The maximum atomic E-state index is 13.4. The number of aryl methyl sites for hydroxylation is 1. The third-order valence-corrected chi connectivity index (χ3v) is 7.40. The molecule has 0 saturated carbocycles. The van der Waals surface area contributed by atoms with Crippen molar-refractivity contribution < 1.29 is 22.7 Å². The van der Waals surface area contributed by atoms with Gasteiger partial charge < -0.3 is 15.2 Å². The number of hydrogen-bond donors (Lipinski definition) is 2. The Balaban J connectivity index is 1.50. The van der Waals surface area contributed by atoms with E-state index in [0.717, 1.165) is 16.5 Å². The number of pyridine rings is 1. The smallest absolute Gasteiger partial charge is 0.283 e. The Bertz CT molecular complexity index is 1620. The Morgan fingerprint density at radius 3 is 2.67 bits per heavy atom. The molecule has 0 spiro atoms. The first-order valence-corrected chi connectivity index (χ1v) is 12.6. The third kappa shape index (κ3) is 4.01. The lowest BCUT2D eigenvalue weighted by atomic mass is 10.0. The molecule has 0 radical (unpaired) electrons. The summed E-state index contributed by atoms with van der Waals surface area (Å²) in [5.41, 5.74) is 7.95. The van der Waals surface area contributed by atoms with Gasteiger partial charge in [-0.15, -0.1) is 0 Å². The number of aromatic nitrogens is 3. The fourth-order valence-corrected chi connectivity index (χ4v) is 5.65. The average Bonchev–Trinajstić information content (AvgIpc) is 3.33. The van der Waals surface area contributed by atoms with E-state index in [1.165, 1.54) is 13.2 Å². The molecule has 1 aliphatic heterocycles. The second-order valence-electron chi connectivity index (χ2n) is 9.21. The van der Waals surface area contributed by atoms with E-state index in [2.05, 4.69) is 14.8 Å². The van der Waals surface area contributed by atoms with Crippen molar-refractivity contribution in [3.63, 3.8) is 0 Å². The summed E-state index contributed by atoms with van der Waals surface area (Å²) in [4.78, 5) is 17.2. The van der Waals surface area contributed by atoms with Crippen LogP contribution in [0.3, 0.4) is 0 Å². The van der Waals surface area contributed by atoms with Crippen molar-refractivity contribution in [3.05, 3.63) is 59.8 Å². The van der Waals surface area contributed by atoms with Crippen LogP contribution in [-0.2, 0) is 23.5 Å². The van der Waals surface area contributed by atoms with E-state index in [1.54, 1.807) is 48.1 Å². The second-order valence-corrected chi connectivity index (χ2v) is 10.8. The van der Waals surface area contributed by atoms with Gasteiger partial charge in [0.25, 0.3) is 15.9 Å². The first-order valence-electron chi connectivity index (χ1n) is 11.1. The molecular weight excluding hydrogens is 482 g/mol. The number of fused-ring (bicyclic) bond motifs is 2. The van der Waals surface area contributed by atoms with E-state index in [0.29, 0.717) is 23.4 Å². The molecule has 5 rings (SSSR count). The Labute approximate surface area is 208 Å². The highest BCUT2D eigenvalue weighted by molar-refractivity contribution is 7.90. The van der Waals surface area contributed by atoms with E-state index in [4.69, 9.17) is 15.2 Å². The lowest BCUT2D eigenvalue weighted by molar-refractivity contribution is 0.0977. The van der Waals surface area contributed by atoms with Gasteiger partial charge >= 0.3 is 0 Å². The number of benzene rings is 2. The number of rotatable bonds is 5.